The zero-order valence-corrected chi connectivity index (χ0v) is 21.9. The lowest BCUT2D eigenvalue weighted by atomic mass is 10.2. The van der Waals surface area contributed by atoms with E-state index in [0.717, 1.165) is 51.4 Å². The number of ether oxygens (including phenoxy) is 2. The Morgan fingerprint density at radius 3 is 1.00 bits per heavy atom. The van der Waals surface area contributed by atoms with Crippen molar-refractivity contribution in [3.8, 4) is 0 Å². The lowest BCUT2D eigenvalue weighted by Crippen LogP contribution is -2.40. The van der Waals surface area contributed by atoms with Crippen molar-refractivity contribution in [1.82, 2.24) is 21.3 Å². The van der Waals surface area contributed by atoms with E-state index in [9.17, 15) is 19.2 Å². The predicted octanol–water partition coefficient (Wildman–Crippen LogP) is 3.39. The second kappa shape index (κ2) is 17.0. The SMILES string of the molecule is CC(C)(C)OC(=O)NCCCCCCNC(=O)C(=O)NCCCCCCNC(=O)OC(C)(C)C. The van der Waals surface area contributed by atoms with Crippen molar-refractivity contribution in [1.29, 1.82) is 0 Å². The molecule has 0 aromatic carbocycles. The molecule has 0 aliphatic heterocycles. The summed E-state index contributed by atoms with van der Waals surface area (Å²) in [5.41, 5.74) is -1.01. The van der Waals surface area contributed by atoms with Crippen LogP contribution in [0, 0.1) is 0 Å². The van der Waals surface area contributed by atoms with Gasteiger partial charge in [0.1, 0.15) is 11.2 Å². The summed E-state index contributed by atoms with van der Waals surface area (Å²) in [4.78, 5) is 46.6. The van der Waals surface area contributed by atoms with Crippen molar-refractivity contribution in [2.45, 2.75) is 104 Å². The van der Waals surface area contributed by atoms with E-state index < -0.39 is 35.2 Å². The van der Waals surface area contributed by atoms with Gasteiger partial charge in [-0.15, -0.1) is 0 Å². The van der Waals surface area contributed by atoms with Gasteiger partial charge >= 0.3 is 24.0 Å². The summed E-state index contributed by atoms with van der Waals surface area (Å²) >= 11 is 0. The minimum atomic E-state index is -0.617. The van der Waals surface area contributed by atoms with Crippen LogP contribution in [0.3, 0.4) is 0 Å². The Hall–Kier alpha value is -2.52. The molecule has 0 aromatic rings. The number of hydrogen-bond acceptors (Lipinski definition) is 6. The number of amides is 4. The summed E-state index contributed by atoms with van der Waals surface area (Å²) in [6.45, 7) is 12.9. The summed E-state index contributed by atoms with van der Waals surface area (Å²) in [5, 5.41) is 10.7. The molecule has 0 saturated carbocycles. The monoisotopic (exact) mass is 486 g/mol. The van der Waals surface area contributed by atoms with Crippen LogP contribution in [0.5, 0.6) is 0 Å². The number of carbonyl (C=O) groups excluding carboxylic acids is 4. The van der Waals surface area contributed by atoms with Crippen molar-refractivity contribution in [2.75, 3.05) is 26.2 Å². The smallest absolute Gasteiger partial charge is 0.407 e. The quantitative estimate of drug-likeness (QED) is 0.220. The molecule has 0 spiro atoms. The lowest BCUT2D eigenvalue weighted by molar-refractivity contribution is -0.139. The third kappa shape index (κ3) is 21.3. The van der Waals surface area contributed by atoms with Gasteiger partial charge in [0, 0.05) is 26.2 Å². The van der Waals surface area contributed by atoms with E-state index in [1.807, 2.05) is 41.5 Å². The van der Waals surface area contributed by atoms with Gasteiger partial charge < -0.3 is 30.7 Å². The minimum Gasteiger partial charge on any atom is -0.444 e. The molecule has 4 N–H and O–H groups in total. The third-order valence-corrected chi connectivity index (χ3v) is 4.32. The molecule has 10 nitrogen and oxygen atoms in total. The van der Waals surface area contributed by atoms with Crippen LogP contribution in [0.15, 0.2) is 0 Å². The van der Waals surface area contributed by atoms with Crippen LogP contribution in [0.25, 0.3) is 0 Å². The fourth-order valence-electron chi connectivity index (χ4n) is 2.78. The first-order valence-electron chi connectivity index (χ1n) is 12.3. The second-order valence-corrected chi connectivity index (χ2v) is 10.2. The summed E-state index contributed by atoms with van der Waals surface area (Å²) in [5.74, 6) is -1.23. The molecule has 198 valence electrons. The molecular weight excluding hydrogens is 440 g/mol. The van der Waals surface area contributed by atoms with Crippen molar-refractivity contribution < 1.29 is 28.7 Å². The number of unbranched alkanes of at least 4 members (excludes halogenated alkanes) is 6. The fraction of sp³-hybridized carbons (Fsp3) is 0.833. The normalized spacial score (nSPS) is 11.4. The molecule has 0 radical (unpaired) electrons. The molecule has 0 saturated heterocycles. The minimum absolute atomic E-state index is 0.416. The first-order chi connectivity index (χ1) is 15.8. The van der Waals surface area contributed by atoms with Crippen LogP contribution < -0.4 is 21.3 Å². The highest BCUT2D eigenvalue weighted by Crippen LogP contribution is 2.07. The Morgan fingerprint density at radius 1 is 0.471 bits per heavy atom. The first-order valence-corrected chi connectivity index (χ1v) is 12.3. The van der Waals surface area contributed by atoms with Crippen molar-refractivity contribution in [3.05, 3.63) is 0 Å². The molecule has 0 aliphatic carbocycles. The van der Waals surface area contributed by atoms with Crippen LogP contribution in [0.4, 0.5) is 9.59 Å². The number of alkyl carbamates (subject to hydrolysis) is 2. The lowest BCUT2D eigenvalue weighted by Gasteiger charge is -2.19. The number of hydrogen-bond donors (Lipinski definition) is 4. The second-order valence-electron chi connectivity index (χ2n) is 10.2. The van der Waals surface area contributed by atoms with Gasteiger partial charge in [0.2, 0.25) is 0 Å². The maximum Gasteiger partial charge on any atom is 0.407 e. The van der Waals surface area contributed by atoms with E-state index in [0.29, 0.717) is 26.2 Å². The number of rotatable bonds is 14. The van der Waals surface area contributed by atoms with Crippen LogP contribution in [-0.4, -0.2) is 61.4 Å². The van der Waals surface area contributed by atoms with E-state index in [1.54, 1.807) is 0 Å². The highest BCUT2D eigenvalue weighted by atomic mass is 16.6. The van der Waals surface area contributed by atoms with Gasteiger partial charge in [-0.25, -0.2) is 9.59 Å². The molecule has 4 amide bonds. The Kier molecular flexibility index (Phi) is 15.7. The highest BCUT2D eigenvalue weighted by molar-refractivity contribution is 6.35. The maximum atomic E-state index is 11.8. The molecular formula is C24H46N4O6. The fourth-order valence-corrected chi connectivity index (χ4v) is 2.78. The van der Waals surface area contributed by atoms with Gasteiger partial charge in [-0.3, -0.25) is 9.59 Å². The molecule has 0 rings (SSSR count). The highest BCUT2D eigenvalue weighted by Gasteiger charge is 2.16. The van der Waals surface area contributed by atoms with Crippen molar-refractivity contribution in [2.24, 2.45) is 0 Å². The predicted molar refractivity (Wildman–Crippen MR) is 131 cm³/mol. The molecule has 0 fully saturated rings. The van der Waals surface area contributed by atoms with Crippen molar-refractivity contribution >= 4 is 24.0 Å². The van der Waals surface area contributed by atoms with E-state index in [-0.39, 0.29) is 0 Å². The average Bonchev–Trinajstić information content (AvgIpc) is 2.68. The maximum absolute atomic E-state index is 11.8. The van der Waals surface area contributed by atoms with Gasteiger partial charge in [0.25, 0.3) is 0 Å². The molecule has 0 heterocycles. The summed E-state index contributed by atoms with van der Waals surface area (Å²) in [6, 6.07) is 0. The molecule has 34 heavy (non-hydrogen) atoms. The van der Waals surface area contributed by atoms with E-state index in [1.165, 1.54) is 0 Å². The Bertz CT molecular complexity index is 572. The van der Waals surface area contributed by atoms with Gasteiger partial charge in [-0.1, -0.05) is 25.7 Å². The Balaban J connectivity index is 3.55. The zero-order valence-electron chi connectivity index (χ0n) is 21.9. The van der Waals surface area contributed by atoms with E-state index in [2.05, 4.69) is 21.3 Å². The Labute approximate surface area is 204 Å². The topological polar surface area (TPSA) is 135 Å². The summed E-state index contributed by atoms with van der Waals surface area (Å²) < 4.78 is 10.3. The molecule has 0 unspecified atom stereocenters. The first kappa shape index (κ1) is 31.5. The standard InChI is InChI=1S/C24H46N4O6/c1-23(2,3)33-21(31)27-17-13-9-7-11-15-25-19(29)20(30)26-16-12-8-10-14-18-28-22(32)34-24(4,5)6/h7-18H2,1-6H3,(H,25,29)(H,26,30)(H,27,31)(H,28,32). The van der Waals surface area contributed by atoms with Crippen LogP contribution in [0.2, 0.25) is 0 Å². The molecule has 0 aromatic heterocycles. The Morgan fingerprint density at radius 2 is 0.735 bits per heavy atom. The third-order valence-electron chi connectivity index (χ3n) is 4.32. The van der Waals surface area contributed by atoms with Crippen LogP contribution in [0.1, 0.15) is 92.9 Å². The molecule has 0 bridgehead atoms. The largest absolute Gasteiger partial charge is 0.444 e. The average molecular weight is 487 g/mol. The summed E-state index contributed by atoms with van der Waals surface area (Å²) in [6.07, 6.45) is 5.95. The number of carbonyl (C=O) groups is 4. The van der Waals surface area contributed by atoms with Gasteiger partial charge in [0.05, 0.1) is 0 Å². The van der Waals surface area contributed by atoms with Gasteiger partial charge in [-0.05, 0) is 67.2 Å². The van der Waals surface area contributed by atoms with E-state index in [4.69, 9.17) is 9.47 Å². The van der Waals surface area contributed by atoms with E-state index >= 15 is 0 Å². The molecule has 0 aliphatic rings. The zero-order chi connectivity index (χ0) is 26.0. The summed E-state index contributed by atoms with van der Waals surface area (Å²) in [7, 11) is 0. The van der Waals surface area contributed by atoms with Gasteiger partial charge in [0.15, 0.2) is 0 Å². The van der Waals surface area contributed by atoms with Gasteiger partial charge in [-0.2, -0.15) is 0 Å². The van der Waals surface area contributed by atoms with Crippen LogP contribution in [-0.2, 0) is 19.1 Å². The van der Waals surface area contributed by atoms with Crippen molar-refractivity contribution in [3.63, 3.8) is 0 Å². The number of nitrogens with one attached hydrogen (secondary N) is 4. The molecule has 10 heteroatoms. The molecule has 0 atom stereocenters. The van der Waals surface area contributed by atoms with Crippen LogP contribution >= 0.6 is 0 Å².